The Balaban J connectivity index is 2.12. The lowest BCUT2D eigenvalue weighted by Crippen LogP contribution is -2.27. The number of nitrogens with two attached hydrogens (primary N) is 1. The monoisotopic (exact) mass is 241 g/mol. The highest BCUT2D eigenvalue weighted by atomic mass is 16.5. The van der Waals surface area contributed by atoms with Crippen LogP contribution >= 0.6 is 0 Å². The van der Waals surface area contributed by atoms with Crippen LogP contribution in [-0.4, -0.2) is 19.1 Å². The zero-order valence-electron chi connectivity index (χ0n) is 11.3. The maximum atomic E-state index is 11.8. The van der Waals surface area contributed by atoms with Gasteiger partial charge in [-0.15, -0.1) is 0 Å². The van der Waals surface area contributed by atoms with Crippen molar-refractivity contribution >= 4 is 5.97 Å². The first kappa shape index (κ1) is 14.5. The third-order valence-corrected chi connectivity index (χ3v) is 3.68. The van der Waals surface area contributed by atoms with Crippen molar-refractivity contribution in [1.29, 1.82) is 0 Å². The number of hydrogen-bond donors (Lipinski definition) is 1. The molecule has 0 aromatic rings. The maximum absolute atomic E-state index is 11.8. The minimum absolute atomic E-state index is 0.0178. The van der Waals surface area contributed by atoms with E-state index in [0.29, 0.717) is 18.4 Å². The Hall–Kier alpha value is -0.570. The zero-order chi connectivity index (χ0) is 12.7. The average molecular weight is 241 g/mol. The standard InChI is InChI=1S/C14H27NO2/c1-11(2)4-3-9-17-14(16)13-7-5-12(10-15)6-8-13/h11-13H,3-10,15H2,1-2H3. The van der Waals surface area contributed by atoms with Crippen LogP contribution in [0.3, 0.4) is 0 Å². The van der Waals surface area contributed by atoms with Gasteiger partial charge in [-0.1, -0.05) is 13.8 Å². The molecule has 0 aliphatic heterocycles. The Labute approximate surface area is 105 Å². The molecule has 1 rings (SSSR count). The summed E-state index contributed by atoms with van der Waals surface area (Å²) in [5.74, 6) is 1.47. The van der Waals surface area contributed by atoms with Crippen molar-refractivity contribution in [2.45, 2.75) is 52.4 Å². The van der Waals surface area contributed by atoms with Crippen molar-refractivity contribution in [1.82, 2.24) is 0 Å². The topological polar surface area (TPSA) is 52.3 Å². The molecule has 3 heteroatoms. The van der Waals surface area contributed by atoms with Crippen LogP contribution in [0.2, 0.25) is 0 Å². The van der Waals surface area contributed by atoms with Crippen molar-refractivity contribution < 1.29 is 9.53 Å². The molecule has 0 saturated heterocycles. The van der Waals surface area contributed by atoms with E-state index in [0.717, 1.165) is 45.1 Å². The van der Waals surface area contributed by atoms with Crippen molar-refractivity contribution in [3.8, 4) is 0 Å². The molecule has 0 amide bonds. The van der Waals surface area contributed by atoms with E-state index in [4.69, 9.17) is 10.5 Å². The fraction of sp³-hybridized carbons (Fsp3) is 0.929. The van der Waals surface area contributed by atoms with Crippen LogP contribution in [0.4, 0.5) is 0 Å². The van der Waals surface area contributed by atoms with E-state index < -0.39 is 0 Å². The van der Waals surface area contributed by atoms with Gasteiger partial charge in [0.1, 0.15) is 0 Å². The van der Waals surface area contributed by atoms with E-state index >= 15 is 0 Å². The predicted octanol–water partition coefficient (Wildman–Crippen LogP) is 2.73. The van der Waals surface area contributed by atoms with Crippen LogP contribution in [0, 0.1) is 17.8 Å². The first-order valence-corrected chi connectivity index (χ1v) is 7.00. The van der Waals surface area contributed by atoms with E-state index in [2.05, 4.69) is 13.8 Å². The lowest BCUT2D eigenvalue weighted by atomic mass is 9.82. The Morgan fingerprint density at radius 2 is 1.94 bits per heavy atom. The number of esters is 1. The molecule has 0 spiro atoms. The summed E-state index contributed by atoms with van der Waals surface area (Å²) in [4.78, 5) is 11.8. The van der Waals surface area contributed by atoms with Gasteiger partial charge in [-0.3, -0.25) is 4.79 Å². The second-order valence-electron chi connectivity index (χ2n) is 5.66. The summed E-state index contributed by atoms with van der Waals surface area (Å²) < 4.78 is 5.33. The molecule has 1 aliphatic carbocycles. The zero-order valence-corrected chi connectivity index (χ0v) is 11.3. The molecule has 3 nitrogen and oxygen atoms in total. The molecule has 1 aliphatic rings. The number of carbonyl (C=O) groups is 1. The third-order valence-electron chi connectivity index (χ3n) is 3.68. The van der Waals surface area contributed by atoms with Crippen LogP contribution < -0.4 is 5.73 Å². The van der Waals surface area contributed by atoms with Gasteiger partial charge < -0.3 is 10.5 Å². The van der Waals surface area contributed by atoms with Crippen molar-refractivity contribution in [3.05, 3.63) is 0 Å². The molecule has 1 saturated carbocycles. The van der Waals surface area contributed by atoms with Crippen LogP contribution in [0.25, 0.3) is 0 Å². The highest BCUT2D eigenvalue weighted by Crippen LogP contribution is 2.28. The number of rotatable bonds is 6. The average Bonchev–Trinajstić information content (AvgIpc) is 2.34. The Morgan fingerprint density at radius 1 is 1.29 bits per heavy atom. The van der Waals surface area contributed by atoms with Gasteiger partial charge in [0, 0.05) is 0 Å². The van der Waals surface area contributed by atoms with E-state index in [1.165, 1.54) is 0 Å². The second-order valence-corrected chi connectivity index (χ2v) is 5.66. The second kappa shape index (κ2) is 7.70. The molecule has 1 fully saturated rings. The quantitative estimate of drug-likeness (QED) is 0.574. The summed E-state index contributed by atoms with van der Waals surface area (Å²) in [7, 11) is 0. The molecular weight excluding hydrogens is 214 g/mol. The van der Waals surface area contributed by atoms with Gasteiger partial charge in [-0.2, -0.15) is 0 Å². The van der Waals surface area contributed by atoms with E-state index in [1.807, 2.05) is 0 Å². The van der Waals surface area contributed by atoms with Gasteiger partial charge in [-0.25, -0.2) is 0 Å². The summed E-state index contributed by atoms with van der Waals surface area (Å²) in [5, 5.41) is 0. The smallest absolute Gasteiger partial charge is 0.308 e. The third kappa shape index (κ3) is 5.53. The molecule has 0 bridgehead atoms. The summed E-state index contributed by atoms with van der Waals surface area (Å²) in [6.45, 7) is 5.73. The SMILES string of the molecule is CC(C)CCCOC(=O)C1CCC(CN)CC1. The minimum atomic E-state index is 0.0178. The molecule has 0 aromatic heterocycles. The predicted molar refractivity (Wildman–Crippen MR) is 69.5 cm³/mol. The van der Waals surface area contributed by atoms with Crippen molar-refractivity contribution in [3.63, 3.8) is 0 Å². The molecule has 2 N–H and O–H groups in total. The van der Waals surface area contributed by atoms with Gasteiger partial charge in [-0.05, 0) is 56.9 Å². The first-order valence-electron chi connectivity index (χ1n) is 7.00. The van der Waals surface area contributed by atoms with Crippen LogP contribution in [-0.2, 0) is 9.53 Å². The fourth-order valence-electron chi connectivity index (χ4n) is 2.42. The normalized spacial score (nSPS) is 24.9. The number of carbonyl (C=O) groups excluding carboxylic acids is 1. The summed E-state index contributed by atoms with van der Waals surface area (Å²) in [6, 6.07) is 0. The Morgan fingerprint density at radius 3 is 2.47 bits per heavy atom. The summed E-state index contributed by atoms with van der Waals surface area (Å²) in [6.07, 6.45) is 6.22. The molecule has 0 heterocycles. The molecule has 17 heavy (non-hydrogen) atoms. The van der Waals surface area contributed by atoms with E-state index in [-0.39, 0.29) is 11.9 Å². The largest absolute Gasteiger partial charge is 0.465 e. The van der Waals surface area contributed by atoms with E-state index in [9.17, 15) is 4.79 Å². The van der Waals surface area contributed by atoms with Gasteiger partial charge in [0.05, 0.1) is 12.5 Å². The Bertz CT molecular complexity index is 220. The van der Waals surface area contributed by atoms with Gasteiger partial charge in [0.2, 0.25) is 0 Å². The molecule has 0 atom stereocenters. The molecular formula is C14H27NO2. The lowest BCUT2D eigenvalue weighted by molar-refractivity contribution is -0.150. The number of hydrogen-bond acceptors (Lipinski definition) is 3. The van der Waals surface area contributed by atoms with Crippen molar-refractivity contribution in [2.24, 2.45) is 23.5 Å². The van der Waals surface area contributed by atoms with Gasteiger partial charge >= 0.3 is 5.97 Å². The van der Waals surface area contributed by atoms with Crippen LogP contribution in [0.5, 0.6) is 0 Å². The fourth-order valence-corrected chi connectivity index (χ4v) is 2.42. The molecule has 0 aromatic carbocycles. The lowest BCUT2D eigenvalue weighted by Gasteiger charge is -2.26. The summed E-state index contributed by atoms with van der Waals surface area (Å²) in [5.41, 5.74) is 5.64. The summed E-state index contributed by atoms with van der Waals surface area (Å²) >= 11 is 0. The minimum Gasteiger partial charge on any atom is -0.465 e. The molecule has 0 unspecified atom stereocenters. The van der Waals surface area contributed by atoms with Crippen LogP contribution in [0.1, 0.15) is 52.4 Å². The highest BCUT2D eigenvalue weighted by molar-refractivity contribution is 5.72. The van der Waals surface area contributed by atoms with Crippen LogP contribution in [0.15, 0.2) is 0 Å². The maximum Gasteiger partial charge on any atom is 0.308 e. The van der Waals surface area contributed by atoms with E-state index in [1.54, 1.807) is 0 Å². The Kier molecular flexibility index (Phi) is 6.56. The molecule has 0 radical (unpaired) electrons. The van der Waals surface area contributed by atoms with Crippen molar-refractivity contribution in [2.75, 3.05) is 13.2 Å². The number of ether oxygens (including phenoxy) is 1. The first-order chi connectivity index (χ1) is 8.13. The molecule has 100 valence electrons. The van der Waals surface area contributed by atoms with Gasteiger partial charge in [0.25, 0.3) is 0 Å². The highest BCUT2D eigenvalue weighted by Gasteiger charge is 2.26. The van der Waals surface area contributed by atoms with Gasteiger partial charge in [0.15, 0.2) is 0 Å².